The summed E-state index contributed by atoms with van der Waals surface area (Å²) in [5, 5.41) is 0. The normalized spacial score (nSPS) is 11.2. The number of nitrogens with zero attached hydrogens (tertiary/aromatic N) is 1. The molecule has 3 nitrogen and oxygen atoms in total. The standard InChI is InChI=1S/C16H15NO2S/c1-2-19-16(18)15(13-9-5-3-6-10-13)17-20-14-11-7-4-8-12-14/h3-12H,2H2,1H3/b17-15+. The predicted octanol–water partition coefficient (Wildman–Crippen LogP) is 3.75. The van der Waals surface area contributed by atoms with Crippen LogP contribution in [-0.2, 0) is 9.53 Å². The van der Waals surface area contributed by atoms with Gasteiger partial charge in [0, 0.05) is 22.4 Å². The number of esters is 1. The van der Waals surface area contributed by atoms with E-state index in [4.69, 9.17) is 4.74 Å². The molecule has 0 aromatic heterocycles. The van der Waals surface area contributed by atoms with E-state index in [1.165, 1.54) is 11.9 Å². The number of benzene rings is 2. The van der Waals surface area contributed by atoms with E-state index in [2.05, 4.69) is 4.40 Å². The molecule has 0 spiro atoms. The van der Waals surface area contributed by atoms with Crippen LogP contribution in [0, 0.1) is 0 Å². The van der Waals surface area contributed by atoms with E-state index in [-0.39, 0.29) is 0 Å². The smallest absolute Gasteiger partial charge is 0.358 e. The van der Waals surface area contributed by atoms with Crippen LogP contribution in [0.4, 0.5) is 0 Å². The van der Waals surface area contributed by atoms with Crippen LogP contribution >= 0.6 is 11.9 Å². The van der Waals surface area contributed by atoms with E-state index in [1.54, 1.807) is 6.92 Å². The third-order valence-electron chi connectivity index (χ3n) is 2.50. The molecule has 0 aliphatic carbocycles. The molecule has 2 aromatic rings. The van der Waals surface area contributed by atoms with Crippen LogP contribution in [-0.4, -0.2) is 18.3 Å². The number of hydrogen-bond donors (Lipinski definition) is 0. The summed E-state index contributed by atoms with van der Waals surface area (Å²) in [7, 11) is 0. The first-order valence-corrected chi connectivity index (χ1v) is 7.11. The van der Waals surface area contributed by atoms with Crippen molar-refractivity contribution in [3.63, 3.8) is 0 Å². The van der Waals surface area contributed by atoms with E-state index >= 15 is 0 Å². The average Bonchev–Trinajstić information content (AvgIpc) is 2.50. The monoisotopic (exact) mass is 285 g/mol. The van der Waals surface area contributed by atoms with Crippen molar-refractivity contribution in [2.75, 3.05) is 6.61 Å². The summed E-state index contributed by atoms with van der Waals surface area (Å²) in [6, 6.07) is 19.0. The minimum atomic E-state index is -0.401. The number of hydrogen-bond acceptors (Lipinski definition) is 4. The van der Waals surface area contributed by atoms with Crippen molar-refractivity contribution < 1.29 is 9.53 Å². The molecular weight excluding hydrogens is 270 g/mol. The zero-order valence-corrected chi connectivity index (χ0v) is 12.0. The summed E-state index contributed by atoms with van der Waals surface area (Å²) in [5.74, 6) is -0.401. The molecule has 2 rings (SSSR count). The maximum absolute atomic E-state index is 12.0. The maximum Gasteiger partial charge on any atom is 0.358 e. The van der Waals surface area contributed by atoms with Gasteiger partial charge in [-0.25, -0.2) is 9.19 Å². The highest BCUT2D eigenvalue weighted by Crippen LogP contribution is 2.20. The second-order valence-corrected chi connectivity index (χ2v) is 4.77. The summed E-state index contributed by atoms with van der Waals surface area (Å²) in [6.07, 6.45) is 0. The molecule has 0 aliphatic rings. The van der Waals surface area contributed by atoms with Gasteiger partial charge in [0.15, 0.2) is 5.71 Å². The summed E-state index contributed by atoms with van der Waals surface area (Å²) in [5.41, 5.74) is 1.09. The van der Waals surface area contributed by atoms with Crippen LogP contribution in [0.3, 0.4) is 0 Å². The Balaban J connectivity index is 2.25. The van der Waals surface area contributed by atoms with Crippen molar-refractivity contribution in [2.45, 2.75) is 11.8 Å². The van der Waals surface area contributed by atoms with Gasteiger partial charge in [-0.1, -0.05) is 48.5 Å². The van der Waals surface area contributed by atoms with Gasteiger partial charge in [-0.3, -0.25) is 0 Å². The second kappa shape index (κ2) is 7.50. The molecule has 20 heavy (non-hydrogen) atoms. The van der Waals surface area contributed by atoms with Crippen molar-refractivity contribution in [3.8, 4) is 0 Å². The minimum absolute atomic E-state index is 0.334. The SMILES string of the molecule is CCOC(=O)/C(=N/Sc1ccccc1)c1ccccc1. The van der Waals surface area contributed by atoms with Crippen LogP contribution in [0.2, 0.25) is 0 Å². The summed E-state index contributed by atoms with van der Waals surface area (Å²) in [4.78, 5) is 13.0. The minimum Gasteiger partial charge on any atom is -0.461 e. The number of rotatable bonds is 5. The van der Waals surface area contributed by atoms with Crippen LogP contribution in [0.15, 0.2) is 70.0 Å². The number of carbonyl (C=O) groups is 1. The van der Waals surface area contributed by atoms with E-state index in [0.29, 0.717) is 12.3 Å². The van der Waals surface area contributed by atoms with Crippen molar-refractivity contribution in [3.05, 3.63) is 66.2 Å². The van der Waals surface area contributed by atoms with E-state index < -0.39 is 5.97 Å². The Labute approximate surface area is 122 Å². The molecule has 4 heteroatoms. The van der Waals surface area contributed by atoms with Crippen molar-refractivity contribution in [1.82, 2.24) is 0 Å². The van der Waals surface area contributed by atoms with Gasteiger partial charge in [0.1, 0.15) is 0 Å². The zero-order valence-electron chi connectivity index (χ0n) is 11.2. The van der Waals surface area contributed by atoms with Gasteiger partial charge in [0.05, 0.1) is 6.61 Å². The Morgan fingerprint density at radius 1 is 1.05 bits per heavy atom. The molecule has 0 saturated heterocycles. The Morgan fingerprint density at radius 2 is 1.65 bits per heavy atom. The van der Waals surface area contributed by atoms with Crippen LogP contribution in [0.25, 0.3) is 0 Å². The van der Waals surface area contributed by atoms with Gasteiger partial charge < -0.3 is 4.74 Å². The second-order valence-electron chi connectivity index (χ2n) is 3.93. The molecule has 0 unspecified atom stereocenters. The first-order chi connectivity index (χ1) is 9.81. The molecule has 0 atom stereocenters. The Morgan fingerprint density at radius 3 is 2.25 bits per heavy atom. The van der Waals surface area contributed by atoms with Crippen LogP contribution < -0.4 is 0 Å². The third kappa shape index (κ3) is 3.96. The van der Waals surface area contributed by atoms with E-state index in [0.717, 1.165) is 10.5 Å². The molecule has 102 valence electrons. The summed E-state index contributed by atoms with van der Waals surface area (Å²) < 4.78 is 9.41. The van der Waals surface area contributed by atoms with Crippen LogP contribution in [0.1, 0.15) is 12.5 Å². The molecule has 2 aromatic carbocycles. The fourth-order valence-corrected chi connectivity index (χ4v) is 2.24. The van der Waals surface area contributed by atoms with Crippen molar-refractivity contribution >= 4 is 23.6 Å². The molecule has 0 fully saturated rings. The maximum atomic E-state index is 12.0. The quantitative estimate of drug-likeness (QED) is 0.477. The molecule has 0 bridgehead atoms. The van der Waals surface area contributed by atoms with Crippen molar-refractivity contribution in [2.24, 2.45) is 4.40 Å². The highest BCUT2D eigenvalue weighted by molar-refractivity contribution is 7.98. The number of carbonyl (C=O) groups excluding carboxylic acids is 1. The molecule has 0 N–H and O–H groups in total. The Hall–Kier alpha value is -2.07. The van der Waals surface area contributed by atoms with Crippen molar-refractivity contribution in [1.29, 1.82) is 0 Å². The Kier molecular flexibility index (Phi) is 5.38. The van der Waals surface area contributed by atoms with Crippen LogP contribution in [0.5, 0.6) is 0 Å². The number of ether oxygens (including phenoxy) is 1. The molecule has 0 radical (unpaired) electrons. The fraction of sp³-hybridized carbons (Fsp3) is 0.125. The zero-order chi connectivity index (χ0) is 14.2. The van der Waals surface area contributed by atoms with Gasteiger partial charge in [-0.15, -0.1) is 0 Å². The Bertz CT molecular complexity index is 582. The first-order valence-electron chi connectivity index (χ1n) is 6.34. The molecule has 0 amide bonds. The van der Waals surface area contributed by atoms with Gasteiger partial charge in [0.25, 0.3) is 0 Å². The lowest BCUT2D eigenvalue weighted by Crippen LogP contribution is -2.18. The highest BCUT2D eigenvalue weighted by Gasteiger charge is 2.15. The van der Waals surface area contributed by atoms with Gasteiger partial charge >= 0.3 is 5.97 Å². The molecule has 0 heterocycles. The van der Waals surface area contributed by atoms with Gasteiger partial charge in [-0.2, -0.15) is 0 Å². The lowest BCUT2D eigenvalue weighted by atomic mass is 10.1. The lowest BCUT2D eigenvalue weighted by Gasteiger charge is -2.05. The van der Waals surface area contributed by atoms with Gasteiger partial charge in [-0.05, 0) is 19.1 Å². The topological polar surface area (TPSA) is 38.7 Å². The predicted molar refractivity (Wildman–Crippen MR) is 81.9 cm³/mol. The highest BCUT2D eigenvalue weighted by atomic mass is 32.2. The van der Waals surface area contributed by atoms with E-state index in [9.17, 15) is 4.79 Å². The fourth-order valence-electron chi connectivity index (χ4n) is 1.58. The first kappa shape index (κ1) is 14.3. The molecule has 0 aliphatic heterocycles. The summed E-state index contributed by atoms with van der Waals surface area (Å²) >= 11 is 1.26. The molecular formula is C16H15NO2S. The third-order valence-corrected chi connectivity index (χ3v) is 3.26. The van der Waals surface area contributed by atoms with Gasteiger partial charge in [0.2, 0.25) is 0 Å². The average molecular weight is 285 g/mol. The lowest BCUT2D eigenvalue weighted by molar-refractivity contribution is -0.134. The largest absolute Gasteiger partial charge is 0.461 e. The summed E-state index contributed by atoms with van der Waals surface area (Å²) in [6.45, 7) is 2.12. The molecule has 0 saturated carbocycles. The van der Waals surface area contributed by atoms with E-state index in [1.807, 2.05) is 60.7 Å².